The Morgan fingerprint density at radius 3 is 2.50 bits per heavy atom. The summed E-state index contributed by atoms with van der Waals surface area (Å²) < 4.78 is 0. The smallest absolute Gasteiger partial charge is 0.0132 e. The quantitative estimate of drug-likeness (QED) is 0.421. The Labute approximate surface area is 37.9 Å². The number of rotatable bonds is 0. The number of hydrazine groups is 1. The molecule has 0 unspecified atom stereocenters. The molecule has 0 amide bonds. The highest BCUT2D eigenvalue weighted by Gasteiger charge is 1.92. The van der Waals surface area contributed by atoms with E-state index in [9.17, 15) is 0 Å². The summed E-state index contributed by atoms with van der Waals surface area (Å²) >= 11 is 0. The van der Waals surface area contributed by atoms with Crippen LogP contribution in [0.4, 0.5) is 0 Å². The second-order valence-corrected chi connectivity index (χ2v) is 1.39. The maximum atomic E-state index is 3.00. The molecule has 0 aromatic heterocycles. The zero-order valence-electron chi connectivity index (χ0n) is 3.70. The first kappa shape index (κ1) is 4.09. The molecule has 0 saturated carbocycles. The van der Waals surface area contributed by atoms with Gasteiger partial charge in [-0.25, -0.2) is 0 Å². The summed E-state index contributed by atoms with van der Waals surface area (Å²) in [6.45, 7) is 2.10. The maximum absolute atomic E-state index is 3.00. The fraction of sp³-hybridized carbons (Fsp3) is 0.750. The standard InChI is InChI=1S/C4H9N2/c1-2-4-6-5-3-1/h1,5-6H,2-4H2. The van der Waals surface area contributed by atoms with E-state index in [2.05, 4.69) is 17.3 Å². The molecular weight excluding hydrogens is 76.1 g/mol. The van der Waals surface area contributed by atoms with Crippen LogP contribution < -0.4 is 10.9 Å². The van der Waals surface area contributed by atoms with Crippen molar-refractivity contribution in [2.75, 3.05) is 13.1 Å². The predicted octanol–water partition coefficient (Wildman–Crippen LogP) is -0.311. The van der Waals surface area contributed by atoms with Crippen molar-refractivity contribution >= 4 is 0 Å². The summed E-state index contributed by atoms with van der Waals surface area (Å²) in [6, 6.07) is 0. The maximum Gasteiger partial charge on any atom is 0.0132 e. The average Bonchev–Trinajstić information content (AvgIpc) is 1.72. The minimum Gasteiger partial charge on any atom is -0.258 e. The monoisotopic (exact) mass is 85.1 g/mol. The van der Waals surface area contributed by atoms with E-state index in [1.165, 1.54) is 6.42 Å². The Morgan fingerprint density at radius 2 is 2.33 bits per heavy atom. The number of hydrogen-bond donors (Lipinski definition) is 2. The first-order valence-electron chi connectivity index (χ1n) is 2.27. The molecule has 1 fully saturated rings. The van der Waals surface area contributed by atoms with Gasteiger partial charge in [0, 0.05) is 13.1 Å². The molecule has 2 heteroatoms. The molecule has 35 valence electrons. The van der Waals surface area contributed by atoms with Crippen molar-refractivity contribution in [3.8, 4) is 0 Å². The summed E-state index contributed by atoms with van der Waals surface area (Å²) in [7, 11) is 0. The lowest BCUT2D eigenvalue weighted by molar-refractivity contribution is 0.504. The van der Waals surface area contributed by atoms with Crippen LogP contribution in [0.25, 0.3) is 0 Å². The molecule has 1 radical (unpaired) electrons. The number of hydrogen-bond acceptors (Lipinski definition) is 2. The van der Waals surface area contributed by atoms with Crippen LogP contribution in [-0.4, -0.2) is 13.1 Å². The van der Waals surface area contributed by atoms with E-state index in [0.717, 1.165) is 13.1 Å². The SMILES string of the molecule is [CH]1CCNNC1. The van der Waals surface area contributed by atoms with Gasteiger partial charge in [-0.15, -0.1) is 0 Å². The van der Waals surface area contributed by atoms with Gasteiger partial charge in [0.05, 0.1) is 0 Å². The fourth-order valence-electron chi connectivity index (χ4n) is 0.509. The van der Waals surface area contributed by atoms with E-state index < -0.39 is 0 Å². The van der Waals surface area contributed by atoms with Crippen LogP contribution in [0.5, 0.6) is 0 Å². The molecule has 0 spiro atoms. The Kier molecular flexibility index (Phi) is 1.47. The van der Waals surface area contributed by atoms with Crippen molar-refractivity contribution in [3.05, 3.63) is 6.42 Å². The highest BCUT2D eigenvalue weighted by atomic mass is 15.4. The average molecular weight is 85.1 g/mol. The lowest BCUT2D eigenvalue weighted by Gasteiger charge is -2.10. The van der Waals surface area contributed by atoms with Gasteiger partial charge in [0.25, 0.3) is 0 Å². The van der Waals surface area contributed by atoms with Gasteiger partial charge < -0.3 is 0 Å². The highest BCUT2D eigenvalue weighted by Crippen LogP contribution is 1.84. The second-order valence-electron chi connectivity index (χ2n) is 1.39. The van der Waals surface area contributed by atoms with Crippen LogP contribution in [0.15, 0.2) is 0 Å². The molecule has 1 heterocycles. The van der Waals surface area contributed by atoms with Gasteiger partial charge in [-0.1, -0.05) is 0 Å². The molecular formula is C4H9N2. The van der Waals surface area contributed by atoms with E-state index >= 15 is 0 Å². The topological polar surface area (TPSA) is 24.1 Å². The number of nitrogens with one attached hydrogen (secondary N) is 2. The van der Waals surface area contributed by atoms with E-state index in [4.69, 9.17) is 0 Å². The zero-order valence-corrected chi connectivity index (χ0v) is 3.70. The van der Waals surface area contributed by atoms with Crippen molar-refractivity contribution in [1.82, 2.24) is 10.9 Å². The van der Waals surface area contributed by atoms with E-state index in [-0.39, 0.29) is 0 Å². The van der Waals surface area contributed by atoms with Crippen LogP contribution in [0.3, 0.4) is 0 Å². The van der Waals surface area contributed by atoms with E-state index in [0.29, 0.717) is 0 Å². The van der Waals surface area contributed by atoms with Crippen molar-refractivity contribution in [2.45, 2.75) is 6.42 Å². The molecule has 0 aliphatic carbocycles. The molecule has 1 aliphatic heterocycles. The first-order chi connectivity index (χ1) is 3.00. The fourth-order valence-corrected chi connectivity index (χ4v) is 0.509. The predicted molar refractivity (Wildman–Crippen MR) is 24.9 cm³/mol. The Bertz CT molecular complexity index is 21.0. The molecule has 0 aromatic rings. The summed E-state index contributed by atoms with van der Waals surface area (Å²) in [5.74, 6) is 0. The van der Waals surface area contributed by atoms with Crippen LogP contribution >= 0.6 is 0 Å². The van der Waals surface area contributed by atoms with Crippen LogP contribution in [-0.2, 0) is 0 Å². The molecule has 1 rings (SSSR count). The lowest BCUT2D eigenvalue weighted by atomic mass is 10.3. The third-order valence-electron chi connectivity index (χ3n) is 0.845. The second kappa shape index (κ2) is 2.16. The molecule has 2 N–H and O–H groups in total. The summed E-state index contributed by atoms with van der Waals surface area (Å²) in [5, 5.41) is 0. The lowest BCUT2D eigenvalue weighted by Crippen LogP contribution is -2.38. The van der Waals surface area contributed by atoms with E-state index in [1.807, 2.05) is 0 Å². The zero-order chi connectivity index (χ0) is 4.24. The Balaban J connectivity index is 2.00. The molecule has 6 heavy (non-hydrogen) atoms. The van der Waals surface area contributed by atoms with Gasteiger partial charge in [-0.3, -0.25) is 10.9 Å². The van der Waals surface area contributed by atoms with Gasteiger partial charge in [0.15, 0.2) is 0 Å². The largest absolute Gasteiger partial charge is 0.258 e. The van der Waals surface area contributed by atoms with Crippen LogP contribution in [0, 0.1) is 6.42 Å². The third kappa shape index (κ3) is 0.954. The van der Waals surface area contributed by atoms with Crippen molar-refractivity contribution < 1.29 is 0 Å². The van der Waals surface area contributed by atoms with Gasteiger partial charge >= 0.3 is 0 Å². The van der Waals surface area contributed by atoms with Crippen molar-refractivity contribution in [1.29, 1.82) is 0 Å². The first-order valence-corrected chi connectivity index (χ1v) is 2.27. The minimum absolute atomic E-state index is 1.01. The summed E-state index contributed by atoms with van der Waals surface area (Å²) in [4.78, 5) is 0. The summed E-state index contributed by atoms with van der Waals surface area (Å²) in [5.41, 5.74) is 5.98. The van der Waals surface area contributed by atoms with Gasteiger partial charge in [-0.05, 0) is 12.8 Å². The molecule has 0 aromatic carbocycles. The van der Waals surface area contributed by atoms with Gasteiger partial charge in [0.1, 0.15) is 0 Å². The third-order valence-corrected chi connectivity index (χ3v) is 0.845. The molecule has 0 atom stereocenters. The van der Waals surface area contributed by atoms with Gasteiger partial charge in [-0.2, -0.15) is 0 Å². The summed E-state index contributed by atoms with van der Waals surface area (Å²) in [6.07, 6.45) is 3.42. The Morgan fingerprint density at radius 1 is 1.33 bits per heavy atom. The van der Waals surface area contributed by atoms with E-state index in [1.54, 1.807) is 0 Å². The van der Waals surface area contributed by atoms with Crippen molar-refractivity contribution in [3.63, 3.8) is 0 Å². The molecule has 1 saturated heterocycles. The molecule has 1 aliphatic rings. The molecule has 0 bridgehead atoms. The van der Waals surface area contributed by atoms with Crippen LogP contribution in [0.2, 0.25) is 0 Å². The molecule has 2 nitrogen and oxygen atoms in total. The highest BCUT2D eigenvalue weighted by molar-refractivity contribution is 4.71. The Hall–Kier alpha value is -0.0800. The van der Waals surface area contributed by atoms with Crippen LogP contribution in [0.1, 0.15) is 6.42 Å². The van der Waals surface area contributed by atoms with Gasteiger partial charge in [0.2, 0.25) is 0 Å². The normalized spacial score (nSPS) is 24.0. The minimum atomic E-state index is 1.01. The van der Waals surface area contributed by atoms with Crippen molar-refractivity contribution in [2.24, 2.45) is 0 Å².